The Balaban J connectivity index is 1.51. The molecule has 25 heavy (non-hydrogen) atoms. The molecule has 4 saturated carbocycles. The predicted molar refractivity (Wildman–Crippen MR) is 93.6 cm³/mol. The van der Waals surface area contributed by atoms with Gasteiger partial charge in [0.2, 0.25) is 0 Å². The van der Waals surface area contributed by atoms with E-state index in [0.29, 0.717) is 35.8 Å². The molecule has 6 rings (SSSR count). The normalized spacial score (nSPS) is 36.9. The fourth-order valence-corrected chi connectivity index (χ4v) is 5.95. The van der Waals surface area contributed by atoms with Crippen LogP contribution in [-0.2, 0) is 6.42 Å². The topological polar surface area (TPSA) is 104 Å². The van der Waals surface area contributed by atoms with Gasteiger partial charge in [-0.2, -0.15) is 5.26 Å². The number of aromatic nitrogens is 1. The van der Waals surface area contributed by atoms with Crippen molar-refractivity contribution in [3.8, 4) is 6.07 Å². The summed E-state index contributed by atoms with van der Waals surface area (Å²) in [4.78, 5) is 20.7. The van der Waals surface area contributed by atoms with Crippen LogP contribution in [-0.4, -0.2) is 23.1 Å². The maximum absolute atomic E-state index is 11.9. The van der Waals surface area contributed by atoms with Crippen molar-refractivity contribution < 1.29 is 4.79 Å². The molecule has 4 bridgehead atoms. The summed E-state index contributed by atoms with van der Waals surface area (Å²) in [6.07, 6.45) is 9.47. The smallest absolute Gasteiger partial charge is 0.252 e. The number of nitrogens with one attached hydrogen (secondary N) is 1. The van der Waals surface area contributed by atoms with Gasteiger partial charge >= 0.3 is 0 Å². The fraction of sp³-hybridized carbons (Fsp3) is 0.579. The number of hydrogen-bond acceptors (Lipinski definition) is 5. The minimum Gasteiger partial charge on any atom is -0.379 e. The van der Waals surface area contributed by atoms with Gasteiger partial charge in [0.05, 0.1) is 28.4 Å². The molecule has 1 amide bonds. The van der Waals surface area contributed by atoms with Gasteiger partial charge in [-0.3, -0.25) is 14.8 Å². The number of primary amides is 1. The number of fused-ring (bicyclic) bond motifs is 1. The first kappa shape index (κ1) is 14.9. The van der Waals surface area contributed by atoms with Crippen molar-refractivity contribution in [2.24, 2.45) is 33.9 Å². The van der Waals surface area contributed by atoms with E-state index in [2.05, 4.69) is 21.4 Å². The van der Waals surface area contributed by atoms with Crippen LogP contribution in [0.25, 0.3) is 0 Å². The predicted octanol–water partition coefficient (Wildman–Crippen LogP) is 2.57. The lowest BCUT2D eigenvalue weighted by atomic mass is 9.48. The number of anilines is 1. The first-order chi connectivity index (χ1) is 12.1. The summed E-state index contributed by atoms with van der Waals surface area (Å²) in [6.45, 7) is 0. The maximum Gasteiger partial charge on any atom is 0.252 e. The number of pyridine rings is 1. The maximum atomic E-state index is 11.9. The van der Waals surface area contributed by atoms with Gasteiger partial charge < -0.3 is 11.1 Å². The summed E-state index contributed by atoms with van der Waals surface area (Å²) >= 11 is 0. The molecule has 4 fully saturated rings. The van der Waals surface area contributed by atoms with Crippen LogP contribution in [0.1, 0.15) is 48.2 Å². The molecule has 2 atom stereocenters. The van der Waals surface area contributed by atoms with Crippen LogP contribution in [0.3, 0.4) is 0 Å². The summed E-state index contributed by atoms with van der Waals surface area (Å²) < 4.78 is 0. The zero-order valence-corrected chi connectivity index (χ0v) is 14.0. The number of amides is 1. The largest absolute Gasteiger partial charge is 0.379 e. The summed E-state index contributed by atoms with van der Waals surface area (Å²) in [7, 11) is 0. The van der Waals surface area contributed by atoms with Gasteiger partial charge in [-0.1, -0.05) is 0 Å². The third-order valence-corrected chi connectivity index (χ3v) is 6.72. The minimum absolute atomic E-state index is 0.112. The van der Waals surface area contributed by atoms with Crippen molar-refractivity contribution in [1.29, 1.82) is 5.26 Å². The zero-order chi connectivity index (χ0) is 17.2. The monoisotopic (exact) mass is 335 g/mol. The Morgan fingerprint density at radius 1 is 1.32 bits per heavy atom. The van der Waals surface area contributed by atoms with E-state index in [1.165, 1.54) is 12.8 Å². The molecule has 1 aromatic rings. The molecule has 4 aliphatic carbocycles. The van der Waals surface area contributed by atoms with Crippen LogP contribution in [0.4, 0.5) is 11.4 Å². The molecule has 0 saturated heterocycles. The molecule has 3 N–H and O–H groups in total. The molecule has 5 aliphatic rings. The summed E-state index contributed by atoms with van der Waals surface area (Å²) in [5.74, 6) is 1.19. The number of aliphatic imine (C=N–C) groups is 1. The molecule has 2 heterocycles. The highest BCUT2D eigenvalue weighted by Crippen LogP contribution is 2.60. The van der Waals surface area contributed by atoms with Crippen molar-refractivity contribution in [3.05, 3.63) is 17.5 Å². The number of nitriles is 1. The van der Waals surface area contributed by atoms with Gasteiger partial charge in [0.1, 0.15) is 5.69 Å². The van der Waals surface area contributed by atoms with E-state index < -0.39 is 5.91 Å². The lowest BCUT2D eigenvalue weighted by molar-refractivity contribution is -0.0296. The summed E-state index contributed by atoms with van der Waals surface area (Å²) in [5.41, 5.74) is 8.30. The van der Waals surface area contributed by atoms with Gasteiger partial charge in [-0.15, -0.1) is 0 Å². The highest BCUT2D eigenvalue weighted by atomic mass is 16.1. The highest BCUT2D eigenvalue weighted by molar-refractivity contribution is 6.02. The van der Waals surface area contributed by atoms with E-state index in [-0.39, 0.29) is 5.41 Å². The molecular weight excluding hydrogens is 314 g/mol. The van der Waals surface area contributed by atoms with Crippen molar-refractivity contribution in [2.75, 3.05) is 5.32 Å². The molecule has 0 spiro atoms. The van der Waals surface area contributed by atoms with Crippen molar-refractivity contribution >= 4 is 23.5 Å². The fourth-order valence-electron chi connectivity index (χ4n) is 5.95. The van der Waals surface area contributed by atoms with E-state index in [9.17, 15) is 10.1 Å². The van der Waals surface area contributed by atoms with E-state index in [0.717, 1.165) is 36.3 Å². The van der Waals surface area contributed by atoms with E-state index in [1.54, 1.807) is 6.20 Å². The highest BCUT2D eigenvalue weighted by Gasteiger charge is 2.55. The summed E-state index contributed by atoms with van der Waals surface area (Å²) in [5, 5.41) is 13.3. The Morgan fingerprint density at radius 2 is 2.08 bits per heavy atom. The van der Waals surface area contributed by atoms with Crippen molar-refractivity contribution in [2.45, 2.75) is 44.6 Å². The van der Waals surface area contributed by atoms with Crippen LogP contribution in [0, 0.1) is 34.5 Å². The van der Waals surface area contributed by atoms with Crippen LogP contribution in [0.5, 0.6) is 0 Å². The van der Waals surface area contributed by atoms with Crippen LogP contribution < -0.4 is 11.1 Å². The Labute approximate surface area is 146 Å². The molecule has 1 aromatic heterocycles. The van der Waals surface area contributed by atoms with Gasteiger partial charge in [0, 0.05) is 24.9 Å². The molecular formula is C19H21N5O. The SMILES string of the molecule is N#CC12CC3CC(C1)C(Nc1c(C(N)=O)cnc4c1N=CC4)C(C3)C2. The second kappa shape index (κ2) is 5.04. The number of hydrogen-bond donors (Lipinski definition) is 2. The second-order valence-electron chi connectivity index (χ2n) is 8.25. The third kappa shape index (κ3) is 2.11. The number of rotatable bonds is 3. The average molecular weight is 335 g/mol. The Bertz CT molecular complexity index is 823. The lowest BCUT2D eigenvalue weighted by Crippen LogP contribution is -2.55. The molecule has 6 heteroatoms. The Hall–Kier alpha value is -2.42. The first-order valence-electron chi connectivity index (χ1n) is 9.10. The summed E-state index contributed by atoms with van der Waals surface area (Å²) in [6, 6.07) is 2.92. The van der Waals surface area contributed by atoms with Crippen molar-refractivity contribution in [1.82, 2.24) is 4.98 Å². The number of nitrogens with zero attached hydrogens (tertiary/aromatic N) is 3. The standard InChI is InChI=1S/C19H21N5O/c20-9-19-5-10-3-11(6-19)15(12(4-10)7-19)24-16-13(18(21)25)8-23-14-1-2-22-17(14)16/h2,8,10-12,15H,1,3-7H2,(H2,21,25)(H,23,24). The number of nitrogens with two attached hydrogens (primary N) is 1. The van der Waals surface area contributed by atoms with Crippen LogP contribution in [0.15, 0.2) is 11.2 Å². The van der Waals surface area contributed by atoms with Gasteiger partial charge in [0.15, 0.2) is 0 Å². The Morgan fingerprint density at radius 3 is 2.76 bits per heavy atom. The molecule has 128 valence electrons. The quantitative estimate of drug-likeness (QED) is 0.885. The molecule has 1 aliphatic heterocycles. The van der Waals surface area contributed by atoms with Crippen molar-refractivity contribution in [3.63, 3.8) is 0 Å². The van der Waals surface area contributed by atoms with Crippen LogP contribution in [0.2, 0.25) is 0 Å². The first-order valence-corrected chi connectivity index (χ1v) is 9.10. The Kier molecular flexibility index (Phi) is 3.00. The third-order valence-electron chi connectivity index (χ3n) is 6.72. The van der Waals surface area contributed by atoms with Gasteiger partial charge in [-0.25, -0.2) is 0 Å². The zero-order valence-electron chi connectivity index (χ0n) is 14.0. The molecule has 6 nitrogen and oxygen atoms in total. The average Bonchev–Trinajstić information content (AvgIpc) is 3.06. The molecule has 2 unspecified atom stereocenters. The minimum atomic E-state index is -0.475. The van der Waals surface area contributed by atoms with Gasteiger partial charge in [-0.05, 0) is 49.9 Å². The van der Waals surface area contributed by atoms with E-state index in [1.807, 2.05) is 6.21 Å². The van der Waals surface area contributed by atoms with Gasteiger partial charge in [0.25, 0.3) is 5.91 Å². The second-order valence-corrected chi connectivity index (χ2v) is 8.25. The molecule has 0 aromatic carbocycles. The number of carbonyl (C=O) groups excluding carboxylic acids is 1. The van der Waals surface area contributed by atoms with E-state index in [4.69, 9.17) is 5.73 Å². The lowest BCUT2D eigenvalue weighted by Gasteiger charge is -2.57. The molecule has 0 radical (unpaired) electrons. The van der Waals surface area contributed by atoms with Crippen LogP contribution >= 0.6 is 0 Å². The van der Waals surface area contributed by atoms with E-state index >= 15 is 0 Å². The number of carbonyl (C=O) groups is 1.